The average Bonchev–Trinajstić information content (AvgIpc) is 2.87. The van der Waals surface area contributed by atoms with Crippen molar-refractivity contribution >= 4 is 41.8 Å². The number of carbonyl (C=O) groups is 7. The van der Waals surface area contributed by atoms with Gasteiger partial charge in [0.05, 0.1) is 0 Å². The third kappa shape index (κ3) is 10.7. The van der Waals surface area contributed by atoms with Crippen molar-refractivity contribution in [1.82, 2.24) is 0 Å². The lowest BCUT2D eigenvalue weighted by atomic mass is 9.96. The maximum absolute atomic E-state index is 12.1. The van der Waals surface area contributed by atoms with E-state index in [1.165, 1.54) is 0 Å². The zero-order valence-electron chi connectivity index (χ0n) is 25.1. The van der Waals surface area contributed by atoms with Crippen LogP contribution in [0.25, 0.3) is 0 Å². The van der Waals surface area contributed by atoms with Crippen LogP contribution in [0.3, 0.4) is 0 Å². The van der Waals surface area contributed by atoms with Crippen molar-refractivity contribution in [2.45, 2.75) is 110 Å². The molecule has 0 saturated carbocycles. The molecule has 2 fully saturated rings. The number of hydrogen-bond acceptors (Lipinski definition) is 18. The zero-order valence-corrected chi connectivity index (χ0v) is 25.1. The van der Waals surface area contributed by atoms with E-state index in [9.17, 15) is 38.7 Å². The summed E-state index contributed by atoms with van der Waals surface area (Å²) in [6.45, 7) is 6.19. The number of rotatable bonds is 11. The lowest BCUT2D eigenvalue weighted by molar-refractivity contribution is -0.363. The first-order chi connectivity index (χ1) is 20.5. The Morgan fingerprint density at radius 1 is 0.477 bits per heavy atom. The minimum absolute atomic E-state index is 0.534. The molecule has 2 aliphatic rings. The molecule has 2 aliphatic heterocycles. The first-order valence-corrected chi connectivity index (χ1v) is 13.3. The molecule has 0 amide bonds. The molecule has 2 rings (SSSR count). The molecule has 0 radical (unpaired) electrons. The van der Waals surface area contributed by atoms with Crippen LogP contribution in [-0.4, -0.2) is 122 Å². The van der Waals surface area contributed by atoms with Gasteiger partial charge in [-0.05, 0) is 0 Å². The molecule has 18 heteroatoms. The minimum atomic E-state index is -1.99. The third-order valence-electron chi connectivity index (χ3n) is 5.90. The van der Waals surface area contributed by atoms with Crippen molar-refractivity contribution in [3.8, 4) is 0 Å². The van der Waals surface area contributed by atoms with Gasteiger partial charge in [0, 0.05) is 48.5 Å². The highest BCUT2D eigenvalue weighted by molar-refractivity contribution is 5.69. The van der Waals surface area contributed by atoms with Crippen LogP contribution in [0.2, 0.25) is 0 Å². The summed E-state index contributed by atoms with van der Waals surface area (Å²) in [7, 11) is 0. The predicted molar refractivity (Wildman–Crippen MR) is 135 cm³/mol. The Kier molecular flexibility index (Phi) is 13.4. The second kappa shape index (κ2) is 16.3. The zero-order chi connectivity index (χ0) is 33.3. The van der Waals surface area contributed by atoms with E-state index in [-0.39, 0.29) is 0 Å². The summed E-state index contributed by atoms with van der Waals surface area (Å²) < 4.78 is 53.9. The fourth-order valence-corrected chi connectivity index (χ4v) is 4.49. The Hall–Kier alpha value is -3.87. The van der Waals surface area contributed by atoms with E-state index in [1.54, 1.807) is 0 Å². The van der Waals surface area contributed by atoms with Crippen molar-refractivity contribution in [2.24, 2.45) is 0 Å². The highest BCUT2D eigenvalue weighted by atomic mass is 16.8. The topological polar surface area (TPSA) is 232 Å². The second-order valence-electron chi connectivity index (χ2n) is 9.68. The van der Waals surface area contributed by atoms with Crippen LogP contribution in [0.1, 0.15) is 48.5 Å². The van der Waals surface area contributed by atoms with Crippen molar-refractivity contribution in [2.75, 3.05) is 13.2 Å². The fraction of sp³-hybridized carbons (Fsp3) is 0.731. The highest BCUT2D eigenvalue weighted by Crippen LogP contribution is 2.34. The summed E-state index contributed by atoms with van der Waals surface area (Å²) in [5.74, 6) is -5.97. The summed E-state index contributed by atoms with van der Waals surface area (Å²) >= 11 is 0. The van der Waals surface area contributed by atoms with E-state index in [4.69, 9.17) is 47.4 Å². The molecule has 44 heavy (non-hydrogen) atoms. The first-order valence-electron chi connectivity index (χ1n) is 13.3. The lowest BCUT2D eigenvalue weighted by Gasteiger charge is -2.47. The lowest BCUT2D eigenvalue weighted by Crippen LogP contribution is -2.67. The SMILES string of the molecule is CC(=O)OC[C@@H]1O[C@H](O)[C@H](O[C@@H]2O[C@@H](COC(C)=O)[C@@H](OC(C)=O)[C@H](OC(C)=O)[C@H]2OC(C)=O)[C@@H](OC(C)=O)[C@@H]1OC(C)=O. The van der Waals surface area contributed by atoms with Crippen molar-refractivity contribution in [3.63, 3.8) is 0 Å². The molecule has 0 unspecified atom stereocenters. The molecule has 0 aromatic rings. The number of carbonyl (C=O) groups excluding carboxylic acids is 7. The number of aliphatic hydroxyl groups is 1. The van der Waals surface area contributed by atoms with Gasteiger partial charge in [-0.2, -0.15) is 0 Å². The summed E-state index contributed by atoms with van der Waals surface area (Å²) in [5, 5.41) is 11.0. The van der Waals surface area contributed by atoms with Crippen LogP contribution < -0.4 is 0 Å². The smallest absolute Gasteiger partial charge is 0.303 e. The molecular formula is C26H36O18. The third-order valence-corrected chi connectivity index (χ3v) is 5.90. The largest absolute Gasteiger partial charge is 0.463 e. The maximum atomic E-state index is 12.1. The van der Waals surface area contributed by atoms with Crippen LogP contribution in [0.5, 0.6) is 0 Å². The Morgan fingerprint density at radius 2 is 0.818 bits per heavy atom. The monoisotopic (exact) mass is 636 g/mol. The molecular weight excluding hydrogens is 600 g/mol. The number of aliphatic hydroxyl groups excluding tert-OH is 1. The molecule has 0 bridgehead atoms. The van der Waals surface area contributed by atoms with E-state index in [0.717, 1.165) is 48.5 Å². The number of ether oxygens (including phenoxy) is 10. The van der Waals surface area contributed by atoms with Crippen molar-refractivity contribution in [3.05, 3.63) is 0 Å². The van der Waals surface area contributed by atoms with E-state index in [1.807, 2.05) is 0 Å². The van der Waals surface area contributed by atoms with Gasteiger partial charge in [0.15, 0.2) is 49.2 Å². The van der Waals surface area contributed by atoms with Gasteiger partial charge in [0.1, 0.15) is 25.4 Å². The van der Waals surface area contributed by atoms with Gasteiger partial charge in [-0.1, -0.05) is 0 Å². The second-order valence-corrected chi connectivity index (χ2v) is 9.68. The van der Waals surface area contributed by atoms with Gasteiger partial charge in [0.25, 0.3) is 0 Å². The molecule has 10 atom stereocenters. The molecule has 1 N–H and O–H groups in total. The van der Waals surface area contributed by atoms with E-state index in [2.05, 4.69) is 0 Å². The summed E-state index contributed by atoms with van der Waals surface area (Å²) in [6.07, 6.45) is -16.3. The predicted octanol–water partition coefficient (Wildman–Crippen LogP) is -1.40. The van der Waals surface area contributed by atoms with Gasteiger partial charge in [-0.15, -0.1) is 0 Å². The molecule has 0 aromatic heterocycles. The van der Waals surface area contributed by atoms with Gasteiger partial charge < -0.3 is 52.5 Å². The average molecular weight is 637 g/mol. The van der Waals surface area contributed by atoms with E-state index in [0.29, 0.717) is 0 Å². The van der Waals surface area contributed by atoms with Crippen molar-refractivity contribution in [1.29, 1.82) is 0 Å². The number of esters is 7. The Balaban J connectivity index is 2.59. The summed E-state index contributed by atoms with van der Waals surface area (Å²) in [6, 6.07) is 0. The minimum Gasteiger partial charge on any atom is -0.463 e. The van der Waals surface area contributed by atoms with Crippen LogP contribution in [0, 0.1) is 0 Å². The molecule has 0 spiro atoms. The van der Waals surface area contributed by atoms with Crippen LogP contribution in [-0.2, 0) is 80.9 Å². The van der Waals surface area contributed by atoms with E-state index >= 15 is 0 Å². The normalized spacial score (nSPS) is 31.5. The molecule has 248 valence electrons. The molecule has 18 nitrogen and oxygen atoms in total. The van der Waals surface area contributed by atoms with Crippen LogP contribution in [0.4, 0.5) is 0 Å². The summed E-state index contributed by atoms with van der Waals surface area (Å²) in [4.78, 5) is 83.3. The highest BCUT2D eigenvalue weighted by Gasteiger charge is 2.57. The van der Waals surface area contributed by atoms with Crippen molar-refractivity contribution < 1.29 is 86.0 Å². The molecule has 0 aromatic carbocycles. The molecule has 2 saturated heterocycles. The van der Waals surface area contributed by atoms with Crippen LogP contribution >= 0.6 is 0 Å². The van der Waals surface area contributed by atoms with Gasteiger partial charge in [-0.25, -0.2) is 0 Å². The Morgan fingerprint density at radius 3 is 1.20 bits per heavy atom. The van der Waals surface area contributed by atoms with Gasteiger partial charge >= 0.3 is 41.8 Å². The van der Waals surface area contributed by atoms with Crippen LogP contribution in [0.15, 0.2) is 0 Å². The van der Waals surface area contributed by atoms with E-state index < -0.39 is 116 Å². The molecule has 2 heterocycles. The van der Waals surface area contributed by atoms with Gasteiger partial charge in [0.2, 0.25) is 0 Å². The number of hydrogen-bond donors (Lipinski definition) is 1. The first kappa shape index (κ1) is 36.3. The quantitative estimate of drug-likeness (QED) is 0.203. The van der Waals surface area contributed by atoms with Gasteiger partial charge in [-0.3, -0.25) is 33.6 Å². The standard InChI is InChI=1S/C26H36O18/c1-10(27)35-8-17-19(37-12(3)29)21(39-14(5)31)23(25(34)42-17)44-26-24(41-16(7)33)22(40-15(6)32)20(38-13(4)30)18(43-26)9-36-11(2)28/h17-26,34H,8-9H2,1-7H3/t17-,18-,19+,20+,21-,22-,23+,24+,25-,26-/m0/s1. The maximum Gasteiger partial charge on any atom is 0.303 e. The Bertz CT molecular complexity index is 1090. The Labute approximate surface area is 251 Å². The fourth-order valence-electron chi connectivity index (χ4n) is 4.49. The molecule has 0 aliphatic carbocycles. The summed E-state index contributed by atoms with van der Waals surface area (Å²) in [5.41, 5.74) is 0.